The first-order valence-electron chi connectivity index (χ1n) is 8.60. The molecule has 0 radical (unpaired) electrons. The lowest BCUT2D eigenvalue weighted by Gasteiger charge is -2.27. The van der Waals surface area contributed by atoms with Crippen molar-refractivity contribution in [2.45, 2.75) is 25.8 Å². The number of halogens is 1. The quantitative estimate of drug-likeness (QED) is 0.920. The summed E-state index contributed by atoms with van der Waals surface area (Å²) in [5.74, 6) is 1.05. The van der Waals surface area contributed by atoms with Gasteiger partial charge in [-0.1, -0.05) is 6.07 Å². The van der Waals surface area contributed by atoms with Gasteiger partial charge in [-0.05, 0) is 48.8 Å². The molecule has 2 heterocycles. The Morgan fingerprint density at radius 3 is 2.83 bits per heavy atom. The minimum absolute atomic E-state index is 0.0687. The Balaban J connectivity index is 1.48. The number of amides is 2. The second-order valence-corrected chi connectivity index (χ2v) is 6.57. The summed E-state index contributed by atoms with van der Waals surface area (Å²) in [4.78, 5) is 14.2. The van der Waals surface area contributed by atoms with E-state index in [2.05, 4.69) is 5.32 Å². The van der Waals surface area contributed by atoms with Crippen LogP contribution >= 0.6 is 0 Å². The van der Waals surface area contributed by atoms with Crippen LogP contribution in [0.2, 0.25) is 0 Å². The number of hydrogen-bond acceptors (Lipinski definition) is 3. The van der Waals surface area contributed by atoms with Crippen molar-refractivity contribution < 1.29 is 18.7 Å². The molecule has 0 bridgehead atoms. The summed E-state index contributed by atoms with van der Waals surface area (Å²) in [6.07, 6.45) is 3.27. The molecule has 2 fully saturated rings. The Labute approximate surface area is 142 Å². The molecule has 24 heavy (non-hydrogen) atoms. The molecule has 0 aromatic heterocycles. The van der Waals surface area contributed by atoms with Gasteiger partial charge >= 0.3 is 6.03 Å². The van der Waals surface area contributed by atoms with Gasteiger partial charge in [0.15, 0.2) is 11.6 Å². The van der Waals surface area contributed by atoms with Gasteiger partial charge in [-0.25, -0.2) is 9.18 Å². The maximum atomic E-state index is 13.7. The van der Waals surface area contributed by atoms with E-state index in [1.54, 1.807) is 12.1 Å². The molecular weight excluding hydrogens is 311 g/mol. The van der Waals surface area contributed by atoms with Gasteiger partial charge in [-0.15, -0.1) is 0 Å². The van der Waals surface area contributed by atoms with Crippen LogP contribution in [0.25, 0.3) is 0 Å². The van der Waals surface area contributed by atoms with E-state index in [-0.39, 0.29) is 11.8 Å². The zero-order valence-corrected chi connectivity index (χ0v) is 14.1. The highest BCUT2D eigenvalue weighted by Crippen LogP contribution is 2.31. The Hall–Kier alpha value is -1.82. The number of nitrogens with zero attached hydrogens (tertiary/aromatic N) is 1. The summed E-state index contributed by atoms with van der Waals surface area (Å²) < 4.78 is 24.0. The smallest absolute Gasteiger partial charge is 0.317 e. The van der Waals surface area contributed by atoms with E-state index in [9.17, 15) is 9.18 Å². The third-order valence-corrected chi connectivity index (χ3v) is 5.10. The maximum Gasteiger partial charge on any atom is 0.317 e. The van der Waals surface area contributed by atoms with Crippen LogP contribution in [-0.4, -0.2) is 44.3 Å². The van der Waals surface area contributed by atoms with E-state index in [4.69, 9.17) is 9.47 Å². The van der Waals surface area contributed by atoms with Crippen molar-refractivity contribution in [2.75, 3.05) is 33.4 Å². The molecule has 1 N–H and O–H groups in total. The van der Waals surface area contributed by atoms with Crippen molar-refractivity contribution in [3.05, 3.63) is 29.6 Å². The molecule has 2 amide bonds. The van der Waals surface area contributed by atoms with Crippen LogP contribution in [0.1, 0.15) is 24.8 Å². The summed E-state index contributed by atoms with van der Waals surface area (Å²) in [7, 11) is 1.43. The number of hydrogen-bond donors (Lipinski definition) is 1. The molecule has 0 saturated carbocycles. The van der Waals surface area contributed by atoms with Gasteiger partial charge in [0, 0.05) is 32.8 Å². The molecule has 1 aromatic rings. The predicted molar refractivity (Wildman–Crippen MR) is 88.4 cm³/mol. The van der Waals surface area contributed by atoms with Crippen molar-refractivity contribution in [3.8, 4) is 5.75 Å². The fourth-order valence-electron chi connectivity index (χ4n) is 3.65. The van der Waals surface area contributed by atoms with Crippen LogP contribution in [-0.2, 0) is 11.3 Å². The number of likely N-dealkylation sites (tertiary alicyclic amines) is 1. The second kappa shape index (κ2) is 7.83. The lowest BCUT2D eigenvalue weighted by atomic mass is 9.85. The Morgan fingerprint density at radius 1 is 1.33 bits per heavy atom. The molecule has 5 nitrogen and oxygen atoms in total. The van der Waals surface area contributed by atoms with E-state index in [0.29, 0.717) is 18.4 Å². The SMILES string of the molecule is COc1ccc(CNC(=O)N2CC[C@@H](C3CCOCC3)C2)cc1F. The summed E-state index contributed by atoms with van der Waals surface area (Å²) in [5.41, 5.74) is 0.724. The summed E-state index contributed by atoms with van der Waals surface area (Å²) in [6, 6.07) is 4.67. The topological polar surface area (TPSA) is 50.8 Å². The molecule has 0 unspecified atom stereocenters. The van der Waals surface area contributed by atoms with Crippen LogP contribution in [0.15, 0.2) is 18.2 Å². The predicted octanol–water partition coefficient (Wildman–Crippen LogP) is 2.79. The monoisotopic (exact) mass is 336 g/mol. The largest absolute Gasteiger partial charge is 0.494 e. The van der Waals surface area contributed by atoms with Gasteiger partial charge in [0.2, 0.25) is 0 Å². The third-order valence-electron chi connectivity index (χ3n) is 5.10. The van der Waals surface area contributed by atoms with Crippen LogP contribution < -0.4 is 10.1 Å². The Morgan fingerprint density at radius 2 is 2.12 bits per heavy atom. The van der Waals surface area contributed by atoms with Gasteiger partial charge < -0.3 is 19.7 Å². The molecule has 1 atom stereocenters. The number of methoxy groups -OCH3 is 1. The average Bonchev–Trinajstić information content (AvgIpc) is 3.11. The fourth-order valence-corrected chi connectivity index (χ4v) is 3.65. The van der Waals surface area contributed by atoms with E-state index in [1.165, 1.54) is 13.2 Å². The first-order chi connectivity index (χ1) is 11.7. The summed E-state index contributed by atoms with van der Waals surface area (Å²) >= 11 is 0. The minimum Gasteiger partial charge on any atom is -0.494 e. The van der Waals surface area contributed by atoms with Crippen molar-refractivity contribution in [1.29, 1.82) is 0 Å². The Kier molecular flexibility index (Phi) is 5.56. The molecule has 1 aromatic carbocycles. The van der Waals surface area contributed by atoms with Crippen LogP contribution in [0.4, 0.5) is 9.18 Å². The highest BCUT2D eigenvalue weighted by atomic mass is 19.1. The van der Waals surface area contributed by atoms with Crippen molar-refractivity contribution in [1.82, 2.24) is 10.2 Å². The van der Waals surface area contributed by atoms with E-state index in [1.807, 2.05) is 4.90 Å². The Bertz CT molecular complexity index is 575. The van der Waals surface area contributed by atoms with Gasteiger partial charge in [0.1, 0.15) is 0 Å². The van der Waals surface area contributed by atoms with Crippen LogP contribution in [0.5, 0.6) is 5.75 Å². The molecule has 0 spiro atoms. The van der Waals surface area contributed by atoms with Gasteiger partial charge in [-0.3, -0.25) is 0 Å². The number of rotatable bonds is 4. The molecule has 6 heteroatoms. The molecule has 0 aliphatic carbocycles. The number of nitrogens with one attached hydrogen (secondary N) is 1. The standard InChI is InChI=1S/C18H25FN2O3/c1-23-17-3-2-13(10-16(17)19)11-20-18(22)21-7-4-15(12-21)14-5-8-24-9-6-14/h2-3,10,14-15H,4-9,11-12H2,1H3,(H,20,22)/t15-/m1/s1. The maximum absolute atomic E-state index is 13.7. The van der Waals surface area contributed by atoms with Crippen LogP contribution in [0.3, 0.4) is 0 Å². The molecular formula is C18H25FN2O3. The highest BCUT2D eigenvalue weighted by Gasteiger charge is 2.32. The average molecular weight is 336 g/mol. The van der Waals surface area contributed by atoms with Crippen molar-refractivity contribution >= 4 is 6.03 Å². The fraction of sp³-hybridized carbons (Fsp3) is 0.611. The number of carbonyl (C=O) groups is 1. The zero-order valence-electron chi connectivity index (χ0n) is 14.1. The second-order valence-electron chi connectivity index (χ2n) is 6.57. The number of urea groups is 1. The lowest BCUT2D eigenvalue weighted by Crippen LogP contribution is -2.38. The highest BCUT2D eigenvalue weighted by molar-refractivity contribution is 5.74. The minimum atomic E-state index is -0.412. The van der Waals surface area contributed by atoms with E-state index >= 15 is 0 Å². The first-order valence-corrected chi connectivity index (χ1v) is 8.60. The van der Waals surface area contributed by atoms with Crippen molar-refractivity contribution in [2.24, 2.45) is 11.8 Å². The number of benzene rings is 1. The van der Waals surface area contributed by atoms with Gasteiger partial charge in [-0.2, -0.15) is 0 Å². The number of carbonyl (C=O) groups excluding carboxylic acids is 1. The van der Waals surface area contributed by atoms with Gasteiger partial charge in [0.05, 0.1) is 7.11 Å². The molecule has 132 valence electrons. The van der Waals surface area contributed by atoms with Crippen LogP contribution in [0, 0.1) is 17.7 Å². The van der Waals surface area contributed by atoms with Crippen molar-refractivity contribution in [3.63, 3.8) is 0 Å². The number of ether oxygens (including phenoxy) is 2. The third kappa shape index (κ3) is 3.98. The summed E-state index contributed by atoms with van der Waals surface area (Å²) in [6.45, 7) is 3.61. The molecule has 2 aliphatic rings. The normalized spacial score (nSPS) is 21.8. The van der Waals surface area contributed by atoms with E-state index < -0.39 is 5.82 Å². The molecule has 2 saturated heterocycles. The first kappa shape index (κ1) is 17.0. The molecule has 2 aliphatic heterocycles. The van der Waals surface area contributed by atoms with Gasteiger partial charge in [0.25, 0.3) is 0 Å². The van der Waals surface area contributed by atoms with E-state index in [0.717, 1.165) is 51.1 Å². The lowest BCUT2D eigenvalue weighted by molar-refractivity contribution is 0.0484. The molecule has 3 rings (SSSR count). The zero-order chi connectivity index (χ0) is 16.9. The summed E-state index contributed by atoms with van der Waals surface area (Å²) in [5, 5.41) is 2.88.